The van der Waals surface area contributed by atoms with Gasteiger partial charge in [0.05, 0.1) is 11.5 Å². The maximum atomic E-state index is 12.8. The maximum absolute atomic E-state index is 12.8. The summed E-state index contributed by atoms with van der Waals surface area (Å²) in [7, 11) is 0. The van der Waals surface area contributed by atoms with Crippen molar-refractivity contribution in [2.75, 3.05) is 4.90 Å². The van der Waals surface area contributed by atoms with Crippen molar-refractivity contribution in [2.45, 2.75) is 13.5 Å². The lowest BCUT2D eigenvalue weighted by atomic mass is 10.1. The van der Waals surface area contributed by atoms with Gasteiger partial charge in [-0.2, -0.15) is 0 Å². The first kappa shape index (κ1) is 20.1. The molecule has 0 saturated carbocycles. The van der Waals surface area contributed by atoms with Crippen LogP contribution in [-0.2, 0) is 6.54 Å². The molecular formula is C21H18N4O3S. The van der Waals surface area contributed by atoms with Gasteiger partial charge in [0.2, 0.25) is 0 Å². The molecule has 0 aliphatic carbocycles. The molecule has 7 nitrogen and oxygen atoms in total. The Kier molecular flexibility index (Phi) is 6.25. The fraction of sp³-hybridized carbons (Fsp3) is 0.0952. The summed E-state index contributed by atoms with van der Waals surface area (Å²) in [4.78, 5) is 29.4. The standard InChI is InChI=1S/C21H18N4O3S/c1-15-17(10-7-11-18(15)25(27)28)20(26)23-21(29)24(19-12-5-6-13-22-19)14-16-8-3-2-4-9-16/h2-13H,14H2,1H3,(H,23,26,29). The number of nitro benzene ring substituents is 1. The molecule has 0 saturated heterocycles. The first-order chi connectivity index (χ1) is 14.0. The molecule has 3 rings (SSSR count). The lowest BCUT2D eigenvalue weighted by Gasteiger charge is -2.24. The molecule has 0 unspecified atom stereocenters. The van der Waals surface area contributed by atoms with Gasteiger partial charge in [-0.25, -0.2) is 4.98 Å². The highest BCUT2D eigenvalue weighted by molar-refractivity contribution is 7.80. The number of nitrogens with one attached hydrogen (secondary N) is 1. The predicted octanol–water partition coefficient (Wildman–Crippen LogP) is 4.02. The van der Waals surface area contributed by atoms with Gasteiger partial charge in [-0.15, -0.1) is 0 Å². The van der Waals surface area contributed by atoms with Crippen LogP contribution in [0.15, 0.2) is 72.9 Å². The Morgan fingerprint density at radius 2 is 1.83 bits per heavy atom. The van der Waals surface area contributed by atoms with Crippen molar-refractivity contribution in [3.8, 4) is 0 Å². The Morgan fingerprint density at radius 3 is 2.48 bits per heavy atom. The zero-order valence-corrected chi connectivity index (χ0v) is 16.4. The number of aromatic nitrogens is 1. The van der Waals surface area contributed by atoms with Gasteiger partial charge >= 0.3 is 0 Å². The smallest absolute Gasteiger partial charge is 0.273 e. The zero-order valence-electron chi connectivity index (χ0n) is 15.6. The molecule has 1 amide bonds. The van der Waals surface area contributed by atoms with E-state index in [0.717, 1.165) is 5.56 Å². The highest BCUT2D eigenvalue weighted by Gasteiger charge is 2.21. The fourth-order valence-corrected chi connectivity index (χ4v) is 3.09. The van der Waals surface area contributed by atoms with E-state index in [9.17, 15) is 14.9 Å². The number of anilines is 1. The average Bonchev–Trinajstić information content (AvgIpc) is 2.73. The van der Waals surface area contributed by atoms with Crippen LogP contribution in [-0.4, -0.2) is 20.9 Å². The van der Waals surface area contributed by atoms with Gasteiger partial charge in [-0.05, 0) is 42.9 Å². The topological polar surface area (TPSA) is 88.4 Å². The van der Waals surface area contributed by atoms with Crippen LogP contribution in [0.5, 0.6) is 0 Å². The Bertz CT molecular complexity index is 1040. The number of nitro groups is 1. The number of hydrogen-bond donors (Lipinski definition) is 1. The van der Waals surface area contributed by atoms with Gasteiger partial charge in [0.1, 0.15) is 5.82 Å². The highest BCUT2D eigenvalue weighted by atomic mass is 32.1. The van der Waals surface area contributed by atoms with Gasteiger partial charge < -0.3 is 0 Å². The minimum Gasteiger partial charge on any atom is -0.299 e. The number of carbonyl (C=O) groups excluding carboxylic acids is 1. The van der Waals surface area contributed by atoms with Crippen LogP contribution in [0.25, 0.3) is 0 Å². The van der Waals surface area contributed by atoms with Crippen LogP contribution in [0, 0.1) is 17.0 Å². The number of nitrogens with zero attached hydrogens (tertiary/aromatic N) is 3. The summed E-state index contributed by atoms with van der Waals surface area (Å²) in [5.41, 5.74) is 1.35. The normalized spacial score (nSPS) is 10.2. The Balaban J connectivity index is 1.86. The first-order valence-corrected chi connectivity index (χ1v) is 9.20. The summed E-state index contributed by atoms with van der Waals surface area (Å²) in [6.07, 6.45) is 1.64. The van der Waals surface area contributed by atoms with Gasteiger partial charge in [0, 0.05) is 23.4 Å². The molecule has 0 radical (unpaired) electrons. The van der Waals surface area contributed by atoms with Crippen molar-refractivity contribution >= 4 is 34.7 Å². The maximum Gasteiger partial charge on any atom is 0.273 e. The fourth-order valence-electron chi connectivity index (χ4n) is 2.84. The van der Waals surface area contributed by atoms with Gasteiger partial charge in [-0.1, -0.05) is 42.5 Å². The van der Waals surface area contributed by atoms with Crippen LogP contribution in [0.2, 0.25) is 0 Å². The van der Waals surface area contributed by atoms with E-state index in [1.165, 1.54) is 25.1 Å². The summed E-state index contributed by atoms with van der Waals surface area (Å²) in [5, 5.41) is 14.0. The molecule has 146 valence electrons. The van der Waals surface area contributed by atoms with Gasteiger partial charge in [-0.3, -0.25) is 25.1 Å². The molecule has 0 aliphatic rings. The largest absolute Gasteiger partial charge is 0.299 e. The number of benzene rings is 2. The lowest BCUT2D eigenvalue weighted by molar-refractivity contribution is -0.385. The second kappa shape index (κ2) is 9.03. The third kappa shape index (κ3) is 4.80. The van der Waals surface area contributed by atoms with E-state index in [1.807, 2.05) is 36.4 Å². The highest BCUT2D eigenvalue weighted by Crippen LogP contribution is 2.21. The molecule has 0 fully saturated rings. The van der Waals surface area contributed by atoms with Crippen LogP contribution < -0.4 is 10.2 Å². The van der Waals surface area contributed by atoms with Crippen molar-refractivity contribution < 1.29 is 9.72 Å². The summed E-state index contributed by atoms with van der Waals surface area (Å²) >= 11 is 5.48. The molecule has 8 heteroatoms. The minimum absolute atomic E-state index is 0.116. The van der Waals surface area contributed by atoms with Crippen molar-refractivity contribution in [1.82, 2.24) is 10.3 Å². The van der Waals surface area contributed by atoms with E-state index >= 15 is 0 Å². The van der Waals surface area contributed by atoms with Crippen LogP contribution in [0.1, 0.15) is 21.5 Å². The molecule has 1 aromatic heterocycles. The minimum atomic E-state index is -0.514. The average molecular weight is 406 g/mol. The SMILES string of the molecule is Cc1c(C(=O)NC(=S)N(Cc2ccccc2)c2ccccn2)cccc1[N+](=O)[O-]. The molecule has 0 atom stereocenters. The number of rotatable bonds is 5. The van der Waals surface area contributed by atoms with E-state index < -0.39 is 10.8 Å². The molecule has 0 aliphatic heterocycles. The van der Waals surface area contributed by atoms with Crippen molar-refractivity contribution in [2.24, 2.45) is 0 Å². The van der Waals surface area contributed by atoms with E-state index in [0.29, 0.717) is 12.4 Å². The monoisotopic (exact) mass is 406 g/mol. The van der Waals surface area contributed by atoms with Gasteiger partial charge in [0.25, 0.3) is 11.6 Å². The Hall–Kier alpha value is -3.65. The molecule has 0 bridgehead atoms. The van der Waals surface area contributed by atoms with Gasteiger partial charge in [0.15, 0.2) is 5.11 Å². The van der Waals surface area contributed by atoms with Crippen LogP contribution in [0.3, 0.4) is 0 Å². The summed E-state index contributed by atoms with van der Waals surface area (Å²) < 4.78 is 0. The lowest BCUT2D eigenvalue weighted by Crippen LogP contribution is -2.43. The summed E-state index contributed by atoms with van der Waals surface area (Å²) in [6.45, 7) is 1.95. The van der Waals surface area contributed by atoms with E-state index in [2.05, 4.69) is 10.3 Å². The number of thiocarbonyl (C=S) groups is 1. The molecular weight excluding hydrogens is 388 g/mol. The quantitative estimate of drug-likeness (QED) is 0.391. The molecule has 29 heavy (non-hydrogen) atoms. The number of hydrogen-bond acceptors (Lipinski definition) is 5. The molecule has 1 heterocycles. The molecule has 0 spiro atoms. The zero-order chi connectivity index (χ0) is 20.8. The first-order valence-electron chi connectivity index (χ1n) is 8.79. The Morgan fingerprint density at radius 1 is 1.10 bits per heavy atom. The van der Waals surface area contributed by atoms with E-state index in [1.54, 1.807) is 23.2 Å². The molecule has 3 aromatic rings. The van der Waals surface area contributed by atoms with Crippen LogP contribution >= 0.6 is 12.2 Å². The molecule has 1 N–H and O–H groups in total. The van der Waals surface area contributed by atoms with E-state index in [-0.39, 0.29) is 21.9 Å². The number of pyridine rings is 1. The second-order valence-corrected chi connectivity index (χ2v) is 6.61. The van der Waals surface area contributed by atoms with E-state index in [4.69, 9.17) is 12.2 Å². The number of amides is 1. The molecule has 2 aromatic carbocycles. The predicted molar refractivity (Wildman–Crippen MR) is 115 cm³/mol. The summed E-state index contributed by atoms with van der Waals surface area (Å²) in [5.74, 6) is 0.0719. The third-order valence-electron chi connectivity index (χ3n) is 4.32. The van der Waals surface area contributed by atoms with Crippen LogP contribution in [0.4, 0.5) is 11.5 Å². The number of carbonyl (C=O) groups is 1. The second-order valence-electron chi connectivity index (χ2n) is 6.23. The van der Waals surface area contributed by atoms with Crippen molar-refractivity contribution in [3.63, 3.8) is 0 Å². The summed E-state index contributed by atoms with van der Waals surface area (Å²) in [6, 6.07) is 19.4. The van der Waals surface area contributed by atoms with Crippen molar-refractivity contribution in [3.05, 3.63) is 99.7 Å². The van der Waals surface area contributed by atoms with Crippen molar-refractivity contribution in [1.29, 1.82) is 0 Å². The Labute approximate surface area is 173 Å². The third-order valence-corrected chi connectivity index (χ3v) is 4.64.